The Kier molecular flexibility index (Phi) is 4.43. The Morgan fingerprint density at radius 2 is 2.28 bits per heavy atom. The van der Waals surface area contributed by atoms with E-state index >= 15 is 0 Å². The summed E-state index contributed by atoms with van der Waals surface area (Å²) < 4.78 is 2.92. The maximum absolute atomic E-state index is 5.97. The van der Waals surface area contributed by atoms with Gasteiger partial charge in [0, 0.05) is 27.8 Å². The molecule has 3 nitrogen and oxygen atoms in total. The van der Waals surface area contributed by atoms with Gasteiger partial charge in [0.1, 0.15) is 0 Å². The predicted octanol–water partition coefficient (Wildman–Crippen LogP) is 3.63. The van der Waals surface area contributed by atoms with Crippen molar-refractivity contribution in [3.8, 4) is 0 Å². The summed E-state index contributed by atoms with van der Waals surface area (Å²) in [6.07, 6.45) is 3.95. The molecule has 1 N–H and O–H groups in total. The Labute approximate surface area is 120 Å². The van der Waals surface area contributed by atoms with Gasteiger partial charge in [-0.2, -0.15) is 5.10 Å². The monoisotopic (exact) mass is 327 g/mol. The van der Waals surface area contributed by atoms with Gasteiger partial charge in [-0.25, -0.2) is 0 Å². The first-order valence-corrected chi connectivity index (χ1v) is 6.97. The van der Waals surface area contributed by atoms with Crippen LogP contribution in [0.1, 0.15) is 24.1 Å². The van der Waals surface area contributed by atoms with Crippen LogP contribution < -0.4 is 5.32 Å². The van der Waals surface area contributed by atoms with Gasteiger partial charge >= 0.3 is 0 Å². The van der Waals surface area contributed by atoms with Gasteiger partial charge in [0.25, 0.3) is 0 Å². The first kappa shape index (κ1) is 13.6. The van der Waals surface area contributed by atoms with E-state index in [9.17, 15) is 0 Å². The second-order valence-electron chi connectivity index (χ2n) is 4.02. The molecule has 96 valence electrons. The van der Waals surface area contributed by atoms with Gasteiger partial charge in [0.15, 0.2) is 0 Å². The van der Waals surface area contributed by atoms with E-state index in [1.807, 2.05) is 36.1 Å². The second kappa shape index (κ2) is 5.87. The van der Waals surface area contributed by atoms with Crippen molar-refractivity contribution in [1.29, 1.82) is 0 Å². The number of aromatic nitrogens is 2. The summed E-state index contributed by atoms with van der Waals surface area (Å²) in [5, 5.41) is 8.34. The van der Waals surface area contributed by atoms with E-state index in [1.54, 1.807) is 0 Å². The zero-order valence-electron chi connectivity index (χ0n) is 10.3. The number of aryl methyl sites for hydroxylation is 1. The average Bonchev–Trinajstić information content (AvgIpc) is 2.81. The van der Waals surface area contributed by atoms with E-state index < -0.39 is 0 Å². The van der Waals surface area contributed by atoms with Gasteiger partial charge in [-0.1, -0.05) is 33.6 Å². The number of hydrogen-bond donors (Lipinski definition) is 1. The van der Waals surface area contributed by atoms with Crippen LogP contribution in [0.5, 0.6) is 0 Å². The molecule has 1 aromatic heterocycles. The summed E-state index contributed by atoms with van der Waals surface area (Å²) in [4.78, 5) is 0. The van der Waals surface area contributed by atoms with Crippen LogP contribution in [-0.4, -0.2) is 16.8 Å². The standard InChI is InChI=1S/C13H15BrClN3/c1-3-18-8-9(7-17-18)13(16-2)11-5-4-10(15)6-12(11)14/h4-8,13,16H,3H2,1-2H3. The zero-order valence-corrected chi connectivity index (χ0v) is 12.7. The van der Waals surface area contributed by atoms with E-state index in [0.29, 0.717) is 0 Å². The topological polar surface area (TPSA) is 29.9 Å². The molecule has 2 rings (SSSR count). The predicted molar refractivity (Wildman–Crippen MR) is 78.0 cm³/mol. The number of halogens is 2. The molecule has 1 atom stereocenters. The van der Waals surface area contributed by atoms with Crippen molar-refractivity contribution in [2.24, 2.45) is 0 Å². The van der Waals surface area contributed by atoms with Crippen molar-refractivity contribution in [2.45, 2.75) is 19.5 Å². The smallest absolute Gasteiger partial charge is 0.0616 e. The minimum atomic E-state index is 0.108. The summed E-state index contributed by atoms with van der Waals surface area (Å²) in [6.45, 7) is 2.95. The lowest BCUT2D eigenvalue weighted by atomic mass is 10.0. The normalized spacial score (nSPS) is 12.7. The van der Waals surface area contributed by atoms with E-state index in [-0.39, 0.29) is 6.04 Å². The van der Waals surface area contributed by atoms with Crippen LogP contribution in [0, 0.1) is 0 Å². The number of rotatable bonds is 4. The molecule has 1 unspecified atom stereocenters. The maximum atomic E-state index is 5.97. The molecule has 0 saturated carbocycles. The van der Waals surface area contributed by atoms with Crippen LogP contribution in [0.25, 0.3) is 0 Å². The molecule has 0 amide bonds. The second-order valence-corrected chi connectivity index (χ2v) is 5.31. The molecule has 0 aliphatic heterocycles. The number of nitrogens with zero attached hydrogens (tertiary/aromatic N) is 2. The largest absolute Gasteiger partial charge is 0.309 e. The van der Waals surface area contributed by atoms with Crippen molar-refractivity contribution < 1.29 is 0 Å². The number of hydrogen-bond acceptors (Lipinski definition) is 2. The van der Waals surface area contributed by atoms with Gasteiger partial charge in [-0.15, -0.1) is 0 Å². The third-order valence-electron chi connectivity index (χ3n) is 2.87. The Balaban J connectivity index is 2.38. The van der Waals surface area contributed by atoms with Gasteiger partial charge in [0.05, 0.1) is 12.2 Å². The van der Waals surface area contributed by atoms with Crippen LogP contribution >= 0.6 is 27.5 Å². The molecule has 0 bridgehead atoms. The fraction of sp³-hybridized carbons (Fsp3) is 0.308. The summed E-state index contributed by atoms with van der Waals surface area (Å²) in [7, 11) is 1.94. The Morgan fingerprint density at radius 3 is 2.83 bits per heavy atom. The first-order valence-electron chi connectivity index (χ1n) is 5.80. The lowest BCUT2D eigenvalue weighted by Gasteiger charge is -2.16. The molecule has 0 spiro atoms. The molecule has 5 heteroatoms. The molecule has 1 aromatic carbocycles. The first-order chi connectivity index (χ1) is 8.65. The highest BCUT2D eigenvalue weighted by Crippen LogP contribution is 2.30. The highest BCUT2D eigenvalue weighted by Gasteiger charge is 2.16. The molecular weight excluding hydrogens is 314 g/mol. The van der Waals surface area contributed by atoms with Gasteiger partial charge in [-0.3, -0.25) is 4.68 Å². The van der Waals surface area contributed by atoms with Crippen LogP contribution in [0.3, 0.4) is 0 Å². The molecule has 0 fully saturated rings. The number of benzene rings is 1. The minimum Gasteiger partial charge on any atom is -0.309 e. The molecule has 18 heavy (non-hydrogen) atoms. The minimum absolute atomic E-state index is 0.108. The van der Waals surface area contributed by atoms with Gasteiger partial charge in [0.2, 0.25) is 0 Å². The maximum Gasteiger partial charge on any atom is 0.0616 e. The molecule has 0 aliphatic rings. The lowest BCUT2D eigenvalue weighted by Crippen LogP contribution is -2.17. The quantitative estimate of drug-likeness (QED) is 0.929. The molecular formula is C13H15BrClN3. The highest BCUT2D eigenvalue weighted by atomic mass is 79.9. The van der Waals surface area contributed by atoms with Crippen LogP contribution in [0.4, 0.5) is 0 Å². The summed E-state index contributed by atoms with van der Waals surface area (Å²) in [5.74, 6) is 0. The molecule has 0 radical (unpaired) electrons. The van der Waals surface area contributed by atoms with Crippen molar-refractivity contribution in [3.05, 3.63) is 51.2 Å². The number of nitrogens with one attached hydrogen (secondary N) is 1. The Morgan fingerprint density at radius 1 is 1.50 bits per heavy atom. The molecule has 0 aliphatic carbocycles. The molecule has 1 heterocycles. The fourth-order valence-corrected chi connectivity index (χ4v) is 2.85. The van der Waals surface area contributed by atoms with Crippen LogP contribution in [0.15, 0.2) is 35.1 Å². The Bertz CT molecular complexity index is 539. The summed E-state index contributed by atoms with van der Waals surface area (Å²) in [5.41, 5.74) is 2.29. The zero-order chi connectivity index (χ0) is 13.1. The van der Waals surface area contributed by atoms with E-state index in [1.165, 1.54) is 0 Å². The third kappa shape index (κ3) is 2.76. The van der Waals surface area contributed by atoms with Crippen LogP contribution in [0.2, 0.25) is 5.02 Å². The fourth-order valence-electron chi connectivity index (χ4n) is 1.94. The van der Waals surface area contributed by atoms with Crippen molar-refractivity contribution in [2.75, 3.05) is 7.05 Å². The Hall–Kier alpha value is -0.840. The van der Waals surface area contributed by atoms with Crippen molar-refractivity contribution in [3.63, 3.8) is 0 Å². The van der Waals surface area contributed by atoms with Crippen molar-refractivity contribution in [1.82, 2.24) is 15.1 Å². The van der Waals surface area contributed by atoms with E-state index in [2.05, 4.69) is 39.5 Å². The van der Waals surface area contributed by atoms with Gasteiger partial charge < -0.3 is 5.32 Å². The molecule has 2 aromatic rings. The van der Waals surface area contributed by atoms with Crippen molar-refractivity contribution >= 4 is 27.5 Å². The van der Waals surface area contributed by atoms with E-state index in [4.69, 9.17) is 11.6 Å². The average molecular weight is 329 g/mol. The SMILES string of the molecule is CCn1cc(C(NC)c2ccc(Cl)cc2Br)cn1. The molecule has 0 saturated heterocycles. The third-order valence-corrected chi connectivity index (χ3v) is 3.79. The highest BCUT2D eigenvalue weighted by molar-refractivity contribution is 9.10. The summed E-state index contributed by atoms with van der Waals surface area (Å²) >= 11 is 9.53. The van der Waals surface area contributed by atoms with Gasteiger partial charge in [-0.05, 0) is 31.7 Å². The summed E-state index contributed by atoms with van der Waals surface area (Å²) in [6, 6.07) is 5.94. The lowest BCUT2D eigenvalue weighted by molar-refractivity contribution is 0.653. The van der Waals surface area contributed by atoms with E-state index in [0.717, 1.165) is 27.2 Å². The van der Waals surface area contributed by atoms with Crippen LogP contribution in [-0.2, 0) is 6.54 Å².